The fourth-order valence-corrected chi connectivity index (χ4v) is 1.55. The maximum Gasteiger partial charge on any atom is 0.261 e. The molecule has 2 heterocycles. The summed E-state index contributed by atoms with van der Waals surface area (Å²) in [5, 5.41) is 2.48. The highest BCUT2D eigenvalue weighted by Gasteiger charge is 2.12. The average molecular weight is 296 g/mol. The number of hydrogen-bond acceptors (Lipinski definition) is 3. The molecule has 2 aromatic rings. The number of carbonyl (C=O) groups is 1. The van der Waals surface area contributed by atoms with E-state index >= 15 is 0 Å². The SMILES string of the molecule is O=C(Nc1cc(Br)ccn1)c1cccnc1F. The summed E-state index contributed by atoms with van der Waals surface area (Å²) in [6.45, 7) is 0. The van der Waals surface area contributed by atoms with Crippen LogP contribution in [0.3, 0.4) is 0 Å². The van der Waals surface area contributed by atoms with Crippen LogP contribution >= 0.6 is 15.9 Å². The van der Waals surface area contributed by atoms with Crippen molar-refractivity contribution in [3.63, 3.8) is 0 Å². The predicted molar refractivity (Wildman–Crippen MR) is 64.1 cm³/mol. The topological polar surface area (TPSA) is 54.9 Å². The lowest BCUT2D eigenvalue weighted by molar-refractivity contribution is 0.102. The van der Waals surface area contributed by atoms with Crippen LogP contribution in [0.15, 0.2) is 41.1 Å². The molecule has 0 aliphatic rings. The Morgan fingerprint density at radius 1 is 1.29 bits per heavy atom. The lowest BCUT2D eigenvalue weighted by atomic mass is 10.2. The van der Waals surface area contributed by atoms with E-state index in [0.717, 1.165) is 4.47 Å². The van der Waals surface area contributed by atoms with Crippen molar-refractivity contribution < 1.29 is 9.18 Å². The van der Waals surface area contributed by atoms with Crippen molar-refractivity contribution in [2.75, 3.05) is 5.32 Å². The number of anilines is 1. The summed E-state index contributed by atoms with van der Waals surface area (Å²) in [6.07, 6.45) is 2.81. The Balaban J connectivity index is 2.20. The third-order valence-corrected chi connectivity index (χ3v) is 2.46. The highest BCUT2D eigenvalue weighted by molar-refractivity contribution is 9.10. The fourth-order valence-electron chi connectivity index (χ4n) is 1.21. The van der Waals surface area contributed by atoms with E-state index < -0.39 is 11.9 Å². The lowest BCUT2D eigenvalue weighted by Gasteiger charge is -2.04. The van der Waals surface area contributed by atoms with Crippen LogP contribution in [0.5, 0.6) is 0 Å². The van der Waals surface area contributed by atoms with E-state index in [1.165, 1.54) is 24.5 Å². The molecule has 86 valence electrons. The van der Waals surface area contributed by atoms with Gasteiger partial charge in [-0.2, -0.15) is 4.39 Å². The number of rotatable bonds is 2. The van der Waals surface area contributed by atoms with Gasteiger partial charge in [-0.25, -0.2) is 9.97 Å². The van der Waals surface area contributed by atoms with Gasteiger partial charge in [0.05, 0.1) is 5.56 Å². The van der Waals surface area contributed by atoms with Gasteiger partial charge in [-0.05, 0) is 24.3 Å². The van der Waals surface area contributed by atoms with Gasteiger partial charge in [-0.15, -0.1) is 0 Å². The van der Waals surface area contributed by atoms with E-state index in [9.17, 15) is 9.18 Å². The second-order valence-corrected chi connectivity index (χ2v) is 4.07. The van der Waals surface area contributed by atoms with Crippen molar-refractivity contribution in [1.82, 2.24) is 9.97 Å². The van der Waals surface area contributed by atoms with Gasteiger partial charge < -0.3 is 5.32 Å². The van der Waals surface area contributed by atoms with Gasteiger partial charge >= 0.3 is 0 Å². The molecule has 0 fully saturated rings. The normalized spacial score (nSPS) is 10.0. The molecule has 0 aliphatic carbocycles. The van der Waals surface area contributed by atoms with Crippen LogP contribution in [-0.2, 0) is 0 Å². The van der Waals surface area contributed by atoms with E-state index in [1.54, 1.807) is 12.1 Å². The predicted octanol–water partition coefficient (Wildman–Crippen LogP) is 2.63. The van der Waals surface area contributed by atoms with Gasteiger partial charge in [0.2, 0.25) is 5.95 Å². The summed E-state index contributed by atoms with van der Waals surface area (Å²) in [5.74, 6) is -1.05. The zero-order chi connectivity index (χ0) is 12.3. The monoisotopic (exact) mass is 295 g/mol. The molecular formula is C11H7BrFN3O. The van der Waals surface area contributed by atoms with Crippen molar-refractivity contribution in [3.05, 3.63) is 52.6 Å². The van der Waals surface area contributed by atoms with Crippen LogP contribution in [0.4, 0.5) is 10.2 Å². The zero-order valence-corrected chi connectivity index (χ0v) is 10.1. The molecule has 2 rings (SSSR count). The largest absolute Gasteiger partial charge is 0.306 e. The third kappa shape index (κ3) is 2.85. The van der Waals surface area contributed by atoms with E-state index in [2.05, 4.69) is 31.2 Å². The Bertz CT molecular complexity index is 562. The quantitative estimate of drug-likeness (QED) is 0.867. The minimum Gasteiger partial charge on any atom is -0.306 e. The Hall–Kier alpha value is -1.82. The van der Waals surface area contributed by atoms with Crippen LogP contribution in [0, 0.1) is 5.95 Å². The van der Waals surface area contributed by atoms with Crippen LogP contribution in [0.1, 0.15) is 10.4 Å². The first kappa shape index (κ1) is 11.7. The number of pyridine rings is 2. The minimum atomic E-state index is -0.806. The van der Waals surface area contributed by atoms with Gasteiger partial charge in [0, 0.05) is 16.9 Å². The smallest absolute Gasteiger partial charge is 0.261 e. The molecule has 1 N–H and O–H groups in total. The molecule has 0 spiro atoms. The van der Waals surface area contributed by atoms with E-state index in [0.29, 0.717) is 5.82 Å². The molecule has 0 bridgehead atoms. The van der Waals surface area contributed by atoms with Gasteiger partial charge in [0.25, 0.3) is 5.91 Å². The summed E-state index contributed by atoms with van der Waals surface area (Å²) >= 11 is 3.25. The number of nitrogens with one attached hydrogen (secondary N) is 1. The second kappa shape index (κ2) is 5.01. The van der Waals surface area contributed by atoms with Crippen molar-refractivity contribution in [2.24, 2.45) is 0 Å². The number of aromatic nitrogens is 2. The van der Waals surface area contributed by atoms with Gasteiger partial charge in [0.15, 0.2) is 0 Å². The molecule has 0 aliphatic heterocycles. The van der Waals surface area contributed by atoms with Crippen LogP contribution in [-0.4, -0.2) is 15.9 Å². The van der Waals surface area contributed by atoms with Crippen LogP contribution in [0.25, 0.3) is 0 Å². The van der Waals surface area contributed by atoms with E-state index in [1.807, 2.05) is 0 Å². The summed E-state index contributed by atoms with van der Waals surface area (Å²) in [5.41, 5.74) is -0.116. The van der Waals surface area contributed by atoms with Gasteiger partial charge in [-0.3, -0.25) is 4.79 Å². The molecule has 6 heteroatoms. The first-order valence-electron chi connectivity index (χ1n) is 4.70. The standard InChI is InChI=1S/C11H7BrFN3O/c12-7-3-5-14-9(6-7)16-11(17)8-2-1-4-15-10(8)13/h1-6H,(H,14,16,17). The second-order valence-electron chi connectivity index (χ2n) is 3.16. The average Bonchev–Trinajstić information content (AvgIpc) is 2.29. The van der Waals surface area contributed by atoms with E-state index in [4.69, 9.17) is 0 Å². The molecule has 0 unspecified atom stereocenters. The van der Waals surface area contributed by atoms with Crippen molar-refractivity contribution in [1.29, 1.82) is 0 Å². The van der Waals surface area contributed by atoms with Crippen LogP contribution in [0.2, 0.25) is 0 Å². The molecule has 0 atom stereocenters. The number of nitrogens with zero attached hydrogens (tertiary/aromatic N) is 2. The van der Waals surface area contributed by atoms with Crippen molar-refractivity contribution in [2.45, 2.75) is 0 Å². The molecule has 0 radical (unpaired) electrons. The zero-order valence-electron chi connectivity index (χ0n) is 8.52. The van der Waals surface area contributed by atoms with Crippen molar-refractivity contribution in [3.8, 4) is 0 Å². The summed E-state index contributed by atoms with van der Waals surface area (Å²) < 4.78 is 14.0. The maximum atomic E-state index is 13.2. The molecule has 2 aromatic heterocycles. The summed E-state index contributed by atoms with van der Waals surface area (Å²) in [4.78, 5) is 19.0. The first-order valence-corrected chi connectivity index (χ1v) is 5.49. The van der Waals surface area contributed by atoms with Crippen LogP contribution < -0.4 is 5.32 Å². The first-order chi connectivity index (χ1) is 8.16. The molecular weight excluding hydrogens is 289 g/mol. The number of halogens is 2. The van der Waals surface area contributed by atoms with E-state index in [-0.39, 0.29) is 5.56 Å². The highest BCUT2D eigenvalue weighted by atomic mass is 79.9. The molecule has 4 nitrogen and oxygen atoms in total. The molecule has 17 heavy (non-hydrogen) atoms. The molecule has 0 aromatic carbocycles. The molecule has 0 saturated carbocycles. The number of carbonyl (C=O) groups excluding carboxylic acids is 1. The molecule has 0 saturated heterocycles. The van der Waals surface area contributed by atoms with Crippen molar-refractivity contribution >= 4 is 27.7 Å². The number of hydrogen-bond donors (Lipinski definition) is 1. The third-order valence-electron chi connectivity index (χ3n) is 1.97. The maximum absolute atomic E-state index is 13.2. The minimum absolute atomic E-state index is 0.116. The highest BCUT2D eigenvalue weighted by Crippen LogP contribution is 2.14. The summed E-state index contributed by atoms with van der Waals surface area (Å²) in [7, 11) is 0. The number of amides is 1. The van der Waals surface area contributed by atoms with Gasteiger partial charge in [-0.1, -0.05) is 15.9 Å². The Morgan fingerprint density at radius 3 is 2.82 bits per heavy atom. The Kier molecular flexibility index (Phi) is 3.43. The lowest BCUT2D eigenvalue weighted by Crippen LogP contribution is -2.15. The molecule has 1 amide bonds. The Labute approximate surface area is 105 Å². The summed E-state index contributed by atoms with van der Waals surface area (Å²) in [6, 6.07) is 6.19. The fraction of sp³-hybridized carbons (Fsp3) is 0. The van der Waals surface area contributed by atoms with Gasteiger partial charge in [0.1, 0.15) is 5.82 Å². The Morgan fingerprint density at radius 2 is 2.12 bits per heavy atom.